The minimum atomic E-state index is -0.387. The topological polar surface area (TPSA) is 0 Å². The fourth-order valence-corrected chi connectivity index (χ4v) is 5.39. The van der Waals surface area contributed by atoms with Crippen LogP contribution in [0.5, 0.6) is 0 Å². The van der Waals surface area contributed by atoms with Crippen LogP contribution in [0.25, 0.3) is 11.1 Å². The van der Waals surface area contributed by atoms with Crippen LogP contribution in [0.2, 0.25) is 5.02 Å². The molecule has 0 amide bonds. The summed E-state index contributed by atoms with van der Waals surface area (Å²) in [6.07, 6.45) is 0. The molecule has 4 aromatic rings. The third-order valence-electron chi connectivity index (χ3n) is 5.47. The van der Waals surface area contributed by atoms with Crippen molar-refractivity contribution >= 4 is 27.5 Å². The second kappa shape index (κ2) is 6.37. The van der Waals surface area contributed by atoms with Gasteiger partial charge in [0, 0.05) is 15.1 Å². The molecule has 1 aliphatic rings. The standard InChI is InChI=1S/C25H16BrCl/c26-19-15-22-24(23(27)16-19)20-13-7-8-14-21(20)25(22,17-9-3-1-4-10-17)18-11-5-2-6-12-18/h1-16H. The van der Waals surface area contributed by atoms with Crippen LogP contribution in [0.4, 0.5) is 0 Å². The highest BCUT2D eigenvalue weighted by molar-refractivity contribution is 9.10. The molecule has 0 aliphatic heterocycles. The molecule has 0 saturated heterocycles. The fourth-order valence-electron chi connectivity index (χ4n) is 4.48. The molecule has 0 atom stereocenters. The van der Waals surface area contributed by atoms with E-state index in [4.69, 9.17) is 11.6 Å². The molecule has 0 heterocycles. The smallest absolute Gasteiger partial charge is 0.0714 e. The third-order valence-corrected chi connectivity index (χ3v) is 6.23. The number of fused-ring (bicyclic) bond motifs is 3. The van der Waals surface area contributed by atoms with Crippen molar-refractivity contribution in [2.45, 2.75) is 5.41 Å². The summed E-state index contributed by atoms with van der Waals surface area (Å²) in [6, 6.07) is 34.3. The van der Waals surface area contributed by atoms with E-state index in [0.717, 1.165) is 15.1 Å². The van der Waals surface area contributed by atoms with Crippen LogP contribution in [0.1, 0.15) is 22.3 Å². The average molecular weight is 432 g/mol. The van der Waals surface area contributed by atoms with E-state index in [9.17, 15) is 0 Å². The Morgan fingerprint density at radius 3 is 1.81 bits per heavy atom. The molecule has 0 unspecified atom stereocenters. The van der Waals surface area contributed by atoms with Gasteiger partial charge in [0.1, 0.15) is 0 Å². The molecule has 4 aromatic carbocycles. The van der Waals surface area contributed by atoms with E-state index in [1.165, 1.54) is 27.8 Å². The Morgan fingerprint density at radius 1 is 0.630 bits per heavy atom. The normalized spacial score (nSPS) is 13.9. The molecule has 1 aliphatic carbocycles. The molecule has 5 rings (SSSR count). The quantitative estimate of drug-likeness (QED) is 0.272. The lowest BCUT2D eigenvalue weighted by Gasteiger charge is -2.34. The first-order chi connectivity index (χ1) is 13.2. The summed E-state index contributed by atoms with van der Waals surface area (Å²) in [4.78, 5) is 0. The van der Waals surface area contributed by atoms with Crippen molar-refractivity contribution in [3.8, 4) is 11.1 Å². The number of benzene rings is 4. The van der Waals surface area contributed by atoms with Gasteiger partial charge in [-0.05, 0) is 39.9 Å². The van der Waals surface area contributed by atoms with Crippen molar-refractivity contribution in [2.24, 2.45) is 0 Å². The van der Waals surface area contributed by atoms with E-state index in [1.54, 1.807) is 0 Å². The second-order valence-corrected chi connectivity index (χ2v) is 8.16. The summed E-state index contributed by atoms with van der Waals surface area (Å²) in [5, 5.41) is 0.778. The van der Waals surface area contributed by atoms with Gasteiger partial charge in [0.2, 0.25) is 0 Å². The fraction of sp³-hybridized carbons (Fsp3) is 0.0400. The van der Waals surface area contributed by atoms with Crippen LogP contribution in [-0.2, 0) is 5.41 Å². The minimum absolute atomic E-state index is 0.387. The third kappa shape index (κ3) is 2.35. The predicted octanol–water partition coefficient (Wildman–Crippen LogP) is 7.47. The summed E-state index contributed by atoms with van der Waals surface area (Å²) >= 11 is 10.4. The molecule has 27 heavy (non-hydrogen) atoms. The summed E-state index contributed by atoms with van der Waals surface area (Å²) in [5.41, 5.74) is 6.94. The molecular formula is C25H16BrCl. The zero-order valence-corrected chi connectivity index (χ0v) is 16.8. The highest BCUT2D eigenvalue weighted by atomic mass is 79.9. The van der Waals surface area contributed by atoms with Gasteiger partial charge < -0.3 is 0 Å². The van der Waals surface area contributed by atoms with Gasteiger partial charge in [-0.2, -0.15) is 0 Å². The van der Waals surface area contributed by atoms with Crippen LogP contribution in [0, 0.1) is 0 Å². The van der Waals surface area contributed by atoms with E-state index in [1.807, 2.05) is 6.07 Å². The molecule has 0 fully saturated rings. The van der Waals surface area contributed by atoms with E-state index < -0.39 is 0 Å². The Bertz CT molecular complexity index is 1090. The van der Waals surface area contributed by atoms with Crippen LogP contribution in [-0.4, -0.2) is 0 Å². The first-order valence-electron chi connectivity index (χ1n) is 8.93. The van der Waals surface area contributed by atoms with Crippen molar-refractivity contribution in [3.05, 3.63) is 129 Å². The van der Waals surface area contributed by atoms with Gasteiger partial charge in [0.15, 0.2) is 0 Å². The Hall–Kier alpha value is -2.35. The maximum atomic E-state index is 6.77. The van der Waals surface area contributed by atoms with Crippen LogP contribution >= 0.6 is 27.5 Å². The molecule has 0 nitrogen and oxygen atoms in total. The van der Waals surface area contributed by atoms with Crippen molar-refractivity contribution < 1.29 is 0 Å². The monoisotopic (exact) mass is 430 g/mol. The lowest BCUT2D eigenvalue weighted by atomic mass is 9.68. The van der Waals surface area contributed by atoms with Gasteiger partial charge in [0.25, 0.3) is 0 Å². The predicted molar refractivity (Wildman–Crippen MR) is 116 cm³/mol. The van der Waals surface area contributed by atoms with Gasteiger partial charge in [0.05, 0.1) is 5.41 Å². The maximum absolute atomic E-state index is 6.77. The van der Waals surface area contributed by atoms with E-state index in [-0.39, 0.29) is 5.41 Å². The van der Waals surface area contributed by atoms with Gasteiger partial charge in [-0.3, -0.25) is 0 Å². The lowest BCUT2D eigenvalue weighted by Crippen LogP contribution is -2.28. The Kier molecular flexibility index (Phi) is 3.96. The molecule has 130 valence electrons. The molecule has 0 N–H and O–H groups in total. The Labute approximate surface area is 172 Å². The first-order valence-corrected chi connectivity index (χ1v) is 10.1. The molecular weight excluding hydrogens is 416 g/mol. The van der Waals surface area contributed by atoms with E-state index >= 15 is 0 Å². The summed E-state index contributed by atoms with van der Waals surface area (Å²) in [7, 11) is 0. The lowest BCUT2D eigenvalue weighted by molar-refractivity contribution is 0.768. The molecule has 0 bridgehead atoms. The largest absolute Gasteiger partial charge is 0.0836 e. The van der Waals surface area contributed by atoms with Gasteiger partial charge in [-0.1, -0.05) is 112 Å². The molecule has 0 aromatic heterocycles. The highest BCUT2D eigenvalue weighted by Crippen LogP contribution is 2.58. The van der Waals surface area contributed by atoms with E-state index in [0.29, 0.717) is 0 Å². The number of hydrogen-bond acceptors (Lipinski definition) is 0. The maximum Gasteiger partial charge on any atom is 0.0714 e. The van der Waals surface area contributed by atoms with E-state index in [2.05, 4.69) is 107 Å². The summed E-state index contributed by atoms with van der Waals surface area (Å²) < 4.78 is 0.996. The van der Waals surface area contributed by atoms with Crippen molar-refractivity contribution in [1.29, 1.82) is 0 Å². The van der Waals surface area contributed by atoms with Crippen molar-refractivity contribution in [2.75, 3.05) is 0 Å². The van der Waals surface area contributed by atoms with Crippen LogP contribution in [0.15, 0.2) is 102 Å². The Morgan fingerprint density at radius 2 is 1.19 bits per heavy atom. The van der Waals surface area contributed by atoms with Gasteiger partial charge >= 0.3 is 0 Å². The Balaban J connectivity index is 2.01. The molecule has 2 heteroatoms. The van der Waals surface area contributed by atoms with Crippen molar-refractivity contribution in [1.82, 2.24) is 0 Å². The zero-order chi connectivity index (χ0) is 18.4. The average Bonchev–Trinajstić information content (AvgIpc) is 3.00. The van der Waals surface area contributed by atoms with Crippen LogP contribution in [0.3, 0.4) is 0 Å². The molecule has 0 spiro atoms. The number of halogens is 2. The SMILES string of the molecule is Clc1cc(Br)cc2c1-c1ccccc1C2(c1ccccc1)c1ccccc1. The second-order valence-electron chi connectivity index (χ2n) is 6.84. The summed E-state index contributed by atoms with van der Waals surface area (Å²) in [6.45, 7) is 0. The first kappa shape index (κ1) is 16.8. The van der Waals surface area contributed by atoms with Crippen LogP contribution < -0.4 is 0 Å². The van der Waals surface area contributed by atoms with Gasteiger partial charge in [-0.15, -0.1) is 0 Å². The molecule has 0 saturated carbocycles. The zero-order valence-electron chi connectivity index (χ0n) is 14.5. The van der Waals surface area contributed by atoms with Crippen molar-refractivity contribution in [3.63, 3.8) is 0 Å². The highest BCUT2D eigenvalue weighted by Gasteiger charge is 2.46. The number of hydrogen-bond donors (Lipinski definition) is 0. The summed E-state index contributed by atoms with van der Waals surface area (Å²) in [5.74, 6) is 0. The number of rotatable bonds is 2. The minimum Gasteiger partial charge on any atom is -0.0836 e. The molecule has 0 radical (unpaired) electrons. The van der Waals surface area contributed by atoms with Gasteiger partial charge in [-0.25, -0.2) is 0 Å².